The van der Waals surface area contributed by atoms with Gasteiger partial charge in [-0.2, -0.15) is 8.42 Å². The molecule has 4 aromatic carbocycles. The minimum absolute atomic E-state index is 0.196. The molecule has 0 aromatic heterocycles. The molecule has 0 fully saturated rings. The van der Waals surface area contributed by atoms with E-state index in [4.69, 9.17) is 4.74 Å². The molecule has 7 nitrogen and oxygen atoms in total. The number of benzene rings is 4. The summed E-state index contributed by atoms with van der Waals surface area (Å²) >= 11 is 0. The Kier molecular flexibility index (Phi) is 7.53. The number of hydrogen-bond donors (Lipinski definition) is 4. The summed E-state index contributed by atoms with van der Waals surface area (Å²) in [5, 5.41) is 23.9. The van der Waals surface area contributed by atoms with E-state index in [1.807, 2.05) is 36.4 Å². The second-order valence-electron chi connectivity index (χ2n) is 10.1. The predicted molar refractivity (Wildman–Crippen MR) is 156 cm³/mol. The lowest BCUT2D eigenvalue weighted by Gasteiger charge is -2.23. The van der Waals surface area contributed by atoms with Crippen LogP contribution in [0.2, 0.25) is 0 Å². The molecule has 1 aliphatic rings. The molecule has 0 saturated heterocycles. The lowest BCUT2D eigenvalue weighted by molar-refractivity contribution is 0.100. The number of aliphatic hydroxyl groups excluding tert-OH is 2. The van der Waals surface area contributed by atoms with Crippen LogP contribution >= 0.6 is 0 Å². The molecule has 1 aliphatic heterocycles. The number of ether oxygens (including phenoxy) is 1. The Morgan fingerprint density at radius 3 is 2.33 bits per heavy atom. The number of nitrogens with one attached hydrogen (secondary N) is 1. The monoisotopic (exact) mass is 557 g/mol. The Labute approximate surface area is 233 Å². The van der Waals surface area contributed by atoms with Crippen LogP contribution in [0.25, 0.3) is 11.6 Å². The zero-order chi connectivity index (χ0) is 28.6. The highest BCUT2D eigenvalue weighted by Gasteiger charge is 2.25. The van der Waals surface area contributed by atoms with Crippen molar-refractivity contribution in [1.82, 2.24) is 0 Å². The van der Waals surface area contributed by atoms with Gasteiger partial charge in [-0.1, -0.05) is 48.0 Å². The second kappa shape index (κ2) is 10.9. The van der Waals surface area contributed by atoms with Crippen LogP contribution in [0.5, 0.6) is 11.5 Å². The molecule has 1 heterocycles. The fourth-order valence-electron chi connectivity index (χ4n) is 5.17. The summed E-state index contributed by atoms with van der Waals surface area (Å²) < 4.78 is 41.1. The fourth-order valence-corrected chi connectivity index (χ4v) is 5.87. The molecule has 40 heavy (non-hydrogen) atoms. The molecule has 0 radical (unpaired) electrons. The minimum atomic E-state index is -4.51. The topological polar surface area (TPSA) is 116 Å². The van der Waals surface area contributed by atoms with Gasteiger partial charge in [0, 0.05) is 39.4 Å². The van der Waals surface area contributed by atoms with E-state index in [1.165, 1.54) is 11.6 Å². The van der Waals surface area contributed by atoms with Crippen molar-refractivity contribution in [2.24, 2.45) is 0 Å². The van der Waals surface area contributed by atoms with Gasteiger partial charge < -0.3 is 20.3 Å². The average molecular weight is 558 g/mol. The summed E-state index contributed by atoms with van der Waals surface area (Å²) in [6.45, 7) is 5.83. The maximum atomic E-state index is 12.3. The van der Waals surface area contributed by atoms with Gasteiger partial charge in [-0.15, -0.1) is 0 Å². The number of anilines is 2. The third-order valence-corrected chi connectivity index (χ3v) is 7.87. The highest BCUT2D eigenvalue weighted by atomic mass is 32.2. The van der Waals surface area contributed by atoms with Crippen LogP contribution in [0.15, 0.2) is 77.7 Å². The first-order valence-corrected chi connectivity index (χ1v) is 14.4. The van der Waals surface area contributed by atoms with Gasteiger partial charge in [-0.3, -0.25) is 4.55 Å². The maximum absolute atomic E-state index is 12.3. The normalized spacial score (nSPS) is 13.8. The zero-order valence-electron chi connectivity index (χ0n) is 22.5. The molecule has 5 rings (SSSR count). The Morgan fingerprint density at radius 2 is 1.62 bits per heavy atom. The van der Waals surface area contributed by atoms with E-state index in [1.54, 1.807) is 24.3 Å². The smallest absolute Gasteiger partial charge is 0.295 e. The van der Waals surface area contributed by atoms with E-state index < -0.39 is 16.2 Å². The summed E-state index contributed by atoms with van der Waals surface area (Å²) in [7, 11) is -4.51. The maximum Gasteiger partial charge on any atom is 0.295 e. The Bertz CT molecular complexity index is 1820. The SMILES string of the molecule is Cc1cc(C)c(Nc2ccc3c(c2)Oc2c/c(=C/CC(O)CO)ccc2=C3c2ccccc2S(=O)(=O)O)c(C)c1. The third kappa shape index (κ3) is 5.52. The van der Waals surface area contributed by atoms with Gasteiger partial charge in [-0.25, -0.2) is 0 Å². The molecule has 206 valence electrons. The first kappa shape index (κ1) is 27.6. The summed E-state index contributed by atoms with van der Waals surface area (Å²) in [6, 6.07) is 21.7. The van der Waals surface area contributed by atoms with Crippen LogP contribution in [0.1, 0.15) is 34.2 Å². The largest absolute Gasteiger partial charge is 0.456 e. The summed E-state index contributed by atoms with van der Waals surface area (Å²) in [6.07, 6.45) is 1.19. The van der Waals surface area contributed by atoms with Crippen LogP contribution in [-0.2, 0) is 10.1 Å². The van der Waals surface area contributed by atoms with Crippen LogP contribution in [0.3, 0.4) is 0 Å². The van der Waals surface area contributed by atoms with E-state index in [2.05, 4.69) is 38.2 Å². The van der Waals surface area contributed by atoms with Gasteiger partial charge in [0.25, 0.3) is 10.1 Å². The summed E-state index contributed by atoms with van der Waals surface area (Å²) in [5.74, 6) is 1.02. The van der Waals surface area contributed by atoms with Crippen molar-refractivity contribution < 1.29 is 27.9 Å². The standard InChI is InChI=1S/C32H31NO6S/c1-19-14-20(2)32(21(3)15-19)33-23-10-13-26-29(17-23)39-28-16-22(8-11-24(35)18-34)9-12-25(28)31(26)27-6-4-5-7-30(27)40(36,37)38/h4-10,12-17,24,33-35H,11,18H2,1-3H3,(H,36,37,38)/b22-8+. The van der Waals surface area contributed by atoms with Crippen LogP contribution in [-0.4, -0.2) is 35.9 Å². The lowest BCUT2D eigenvalue weighted by Crippen LogP contribution is -2.21. The molecule has 4 aromatic rings. The number of hydrogen-bond acceptors (Lipinski definition) is 6. The highest BCUT2D eigenvalue weighted by Crippen LogP contribution is 2.40. The number of rotatable bonds is 7. The van der Waals surface area contributed by atoms with Crippen molar-refractivity contribution in [3.63, 3.8) is 0 Å². The molecule has 4 N–H and O–H groups in total. The molecule has 0 saturated carbocycles. The van der Waals surface area contributed by atoms with Crippen molar-refractivity contribution in [3.05, 3.63) is 111 Å². The number of aliphatic hydroxyl groups is 2. The van der Waals surface area contributed by atoms with Crippen molar-refractivity contribution >= 4 is 33.1 Å². The quantitative estimate of drug-likeness (QED) is 0.218. The van der Waals surface area contributed by atoms with Gasteiger partial charge in [-0.05, 0) is 73.9 Å². The molecular formula is C32H31NO6S. The molecule has 0 aliphatic carbocycles. The molecule has 0 spiro atoms. The molecule has 1 atom stereocenters. The van der Waals surface area contributed by atoms with Crippen LogP contribution in [0.4, 0.5) is 11.4 Å². The van der Waals surface area contributed by atoms with E-state index >= 15 is 0 Å². The first-order chi connectivity index (χ1) is 19.0. The minimum Gasteiger partial charge on any atom is -0.456 e. The molecule has 0 bridgehead atoms. The van der Waals surface area contributed by atoms with Gasteiger partial charge in [0.1, 0.15) is 16.4 Å². The molecular weight excluding hydrogens is 526 g/mol. The van der Waals surface area contributed by atoms with E-state index in [0.717, 1.165) is 27.7 Å². The average Bonchev–Trinajstić information content (AvgIpc) is 2.91. The molecule has 0 amide bonds. The van der Waals surface area contributed by atoms with Crippen molar-refractivity contribution in [2.45, 2.75) is 38.2 Å². The van der Waals surface area contributed by atoms with Crippen molar-refractivity contribution in [1.29, 1.82) is 0 Å². The Balaban J connectivity index is 1.70. The number of aryl methyl sites for hydroxylation is 3. The Morgan fingerprint density at radius 1 is 0.900 bits per heavy atom. The predicted octanol–water partition coefficient (Wildman–Crippen LogP) is 4.48. The summed E-state index contributed by atoms with van der Waals surface area (Å²) in [4.78, 5) is -0.196. The third-order valence-electron chi connectivity index (χ3n) is 6.96. The van der Waals surface area contributed by atoms with Gasteiger partial charge in [0.2, 0.25) is 0 Å². The van der Waals surface area contributed by atoms with Gasteiger partial charge in [0.15, 0.2) is 0 Å². The second-order valence-corrected chi connectivity index (χ2v) is 11.5. The molecule has 1 unspecified atom stereocenters. The summed E-state index contributed by atoms with van der Waals surface area (Å²) in [5.41, 5.74) is 6.85. The fraction of sp³-hybridized carbons (Fsp3) is 0.188. The van der Waals surface area contributed by atoms with E-state index in [9.17, 15) is 23.2 Å². The van der Waals surface area contributed by atoms with E-state index in [0.29, 0.717) is 33.4 Å². The van der Waals surface area contributed by atoms with Gasteiger partial charge in [0.05, 0.1) is 12.7 Å². The first-order valence-electron chi connectivity index (χ1n) is 12.9. The van der Waals surface area contributed by atoms with Crippen molar-refractivity contribution in [3.8, 4) is 11.5 Å². The highest BCUT2D eigenvalue weighted by molar-refractivity contribution is 7.86. The van der Waals surface area contributed by atoms with Crippen molar-refractivity contribution in [2.75, 3.05) is 11.9 Å². The number of fused-ring (bicyclic) bond motifs is 2. The van der Waals surface area contributed by atoms with Gasteiger partial charge >= 0.3 is 0 Å². The van der Waals surface area contributed by atoms with E-state index in [-0.39, 0.29) is 17.9 Å². The Hall–Kier alpha value is -3.95. The zero-order valence-corrected chi connectivity index (χ0v) is 23.3. The van der Waals surface area contributed by atoms with Crippen LogP contribution < -0.4 is 20.5 Å². The lowest BCUT2D eigenvalue weighted by atomic mass is 9.92. The molecule has 8 heteroatoms. The van der Waals surface area contributed by atoms with Crippen LogP contribution in [0, 0.1) is 20.8 Å².